The molecule has 0 rings (SSSR count). The molecule has 0 bridgehead atoms. The summed E-state index contributed by atoms with van der Waals surface area (Å²) in [5.41, 5.74) is 0. The van der Waals surface area contributed by atoms with Gasteiger partial charge in [-0.15, -0.1) is 0 Å². The van der Waals surface area contributed by atoms with Crippen LogP contribution in [0.25, 0.3) is 0 Å². The van der Waals surface area contributed by atoms with Gasteiger partial charge in [-0.2, -0.15) is 0 Å². The molecular weight excluding hydrogens is 304 g/mol. The Hall–Kier alpha value is -1.72. The van der Waals surface area contributed by atoms with Gasteiger partial charge in [-0.25, -0.2) is 0 Å². The standard InChI is InChI=1S/2C3H4O4.BH3O3.2FH.Li.H/c2*4-2(5)1-3(6)7;2-1(3)4;;;;/h2*1H2,(H,4,5)(H,6,7);2-4H;2*1H;;. The molecule has 0 saturated carbocycles. The Morgan fingerprint density at radius 3 is 0.714 bits per heavy atom. The van der Waals surface area contributed by atoms with Crippen molar-refractivity contribution >= 4 is 50.1 Å². The molecule has 0 aliphatic rings. The van der Waals surface area contributed by atoms with E-state index in [0.29, 0.717) is 0 Å². The molecule has 122 valence electrons. The van der Waals surface area contributed by atoms with Crippen LogP contribution >= 0.6 is 0 Å². The molecule has 0 heterocycles. The molecule has 0 aliphatic heterocycles. The first-order chi connectivity index (χ1) is 7.98. The molecule has 0 aromatic rings. The van der Waals surface area contributed by atoms with Crippen LogP contribution in [0.3, 0.4) is 0 Å². The van der Waals surface area contributed by atoms with Crippen LogP contribution in [0, 0.1) is 0 Å². The van der Waals surface area contributed by atoms with E-state index in [0.717, 1.165) is 0 Å². The number of carboxylic acids is 4. The first kappa shape index (κ1) is 36.5. The minimum atomic E-state index is -2.17. The zero-order chi connectivity index (χ0) is 15.3. The van der Waals surface area contributed by atoms with E-state index < -0.39 is 44.0 Å². The Balaban J connectivity index is -0.0000000388. The topological polar surface area (TPSA) is 210 Å². The second-order valence-corrected chi connectivity index (χ2v) is 2.27. The minimum absolute atomic E-state index is 0. The fraction of sp³-hybridized carbons (Fsp3) is 0.333. The van der Waals surface area contributed by atoms with Gasteiger partial charge >= 0.3 is 50.1 Å². The quantitative estimate of drug-likeness (QED) is 0.201. The maximum absolute atomic E-state index is 9.43. The van der Waals surface area contributed by atoms with E-state index in [9.17, 15) is 19.2 Å². The van der Waals surface area contributed by atoms with Crippen molar-refractivity contribution in [1.29, 1.82) is 0 Å². The molecule has 0 aromatic heterocycles. The molecule has 15 heteroatoms. The first-order valence-corrected chi connectivity index (χ1v) is 3.90. The van der Waals surface area contributed by atoms with Gasteiger partial charge in [-0.3, -0.25) is 28.6 Å². The van der Waals surface area contributed by atoms with Crippen molar-refractivity contribution in [2.45, 2.75) is 12.8 Å². The number of halogens is 2. The number of aliphatic carboxylic acids is 4. The van der Waals surface area contributed by atoms with E-state index in [1.807, 2.05) is 0 Å². The summed E-state index contributed by atoms with van der Waals surface area (Å²) in [6, 6.07) is 0. The predicted octanol–water partition coefficient (Wildman–Crippen LogP) is -3.30. The van der Waals surface area contributed by atoms with Gasteiger partial charge in [0, 0.05) is 0 Å². The summed E-state index contributed by atoms with van der Waals surface area (Å²) in [5.74, 6) is -5.25. The normalized spacial score (nSPS) is 6.62. The molecule has 0 amide bonds. The van der Waals surface area contributed by atoms with E-state index in [1.54, 1.807) is 0 Å². The summed E-state index contributed by atoms with van der Waals surface area (Å²) in [4.78, 5) is 37.7. The van der Waals surface area contributed by atoms with Crippen LogP contribution in [-0.2, 0) is 19.2 Å². The fourth-order valence-electron chi connectivity index (χ4n) is 0.259. The monoisotopic (exact) mass is 318 g/mol. The van der Waals surface area contributed by atoms with Crippen molar-refractivity contribution in [1.82, 2.24) is 0 Å². The van der Waals surface area contributed by atoms with Crippen LogP contribution in [0.15, 0.2) is 0 Å². The van der Waals surface area contributed by atoms with Crippen molar-refractivity contribution < 1.29 is 64.1 Å². The summed E-state index contributed by atoms with van der Waals surface area (Å²) in [5, 5.41) is 52.3. The number of rotatable bonds is 4. The van der Waals surface area contributed by atoms with Gasteiger partial charge in [0.25, 0.3) is 0 Å². The third-order valence-electron chi connectivity index (χ3n) is 0.605. The summed E-state index contributed by atoms with van der Waals surface area (Å²) >= 11 is 0. The number of carboxylic acid groups (broad SMARTS) is 4. The van der Waals surface area contributed by atoms with Crippen LogP contribution in [0.2, 0.25) is 0 Å². The van der Waals surface area contributed by atoms with Crippen molar-refractivity contribution in [3.8, 4) is 0 Å². The zero-order valence-corrected chi connectivity index (χ0v) is 9.57. The Bertz CT molecular complexity index is 248. The van der Waals surface area contributed by atoms with E-state index >= 15 is 0 Å². The van der Waals surface area contributed by atoms with Crippen LogP contribution in [0.5, 0.6) is 0 Å². The van der Waals surface area contributed by atoms with Gasteiger partial charge in [-0.1, -0.05) is 0 Å². The summed E-state index contributed by atoms with van der Waals surface area (Å²) in [6.45, 7) is 0. The average Bonchev–Trinajstić information content (AvgIpc) is 1.96. The molecule has 0 spiro atoms. The van der Waals surface area contributed by atoms with Crippen molar-refractivity contribution in [3.63, 3.8) is 0 Å². The van der Waals surface area contributed by atoms with E-state index in [-0.39, 0.29) is 28.3 Å². The van der Waals surface area contributed by atoms with Crippen LogP contribution in [-0.4, -0.2) is 85.6 Å². The Morgan fingerprint density at radius 2 is 0.714 bits per heavy atom. The van der Waals surface area contributed by atoms with Crippen molar-refractivity contribution in [2.75, 3.05) is 0 Å². The Morgan fingerprint density at radius 1 is 0.619 bits per heavy atom. The number of carbonyl (C=O) groups is 4. The molecule has 0 atom stereocenters. The Labute approximate surface area is 127 Å². The first-order valence-electron chi connectivity index (χ1n) is 3.90. The van der Waals surface area contributed by atoms with Gasteiger partial charge in [0.15, 0.2) is 0 Å². The van der Waals surface area contributed by atoms with Gasteiger partial charge in [-0.05, 0) is 0 Å². The van der Waals surface area contributed by atoms with Gasteiger partial charge in [0.2, 0.25) is 0 Å². The van der Waals surface area contributed by atoms with Crippen LogP contribution in [0.1, 0.15) is 12.8 Å². The molecule has 0 saturated heterocycles. The second-order valence-electron chi connectivity index (χ2n) is 2.27. The molecule has 11 nitrogen and oxygen atoms in total. The third-order valence-corrected chi connectivity index (χ3v) is 0.605. The van der Waals surface area contributed by atoms with Gasteiger partial charge < -0.3 is 35.5 Å². The fourth-order valence-corrected chi connectivity index (χ4v) is 0.259. The third kappa shape index (κ3) is 123. The summed E-state index contributed by atoms with van der Waals surface area (Å²) in [6.07, 6.45) is -1.61. The molecule has 0 fully saturated rings. The second kappa shape index (κ2) is 23.4. The summed E-state index contributed by atoms with van der Waals surface area (Å²) in [7, 11) is -2.17. The van der Waals surface area contributed by atoms with E-state index in [1.165, 1.54) is 0 Å². The van der Waals surface area contributed by atoms with E-state index in [2.05, 4.69) is 0 Å². The molecule has 0 radical (unpaired) electrons. The SMILES string of the molecule is F.F.O=C(O)CC(=O)O.O=C(O)CC(=O)O.OB(O)O.[LiH]. The molecule has 7 N–H and O–H groups in total. The van der Waals surface area contributed by atoms with E-state index in [4.69, 9.17) is 35.5 Å². The molecule has 0 unspecified atom stereocenters. The zero-order valence-electron chi connectivity index (χ0n) is 9.57. The van der Waals surface area contributed by atoms with Crippen molar-refractivity contribution in [2.24, 2.45) is 0 Å². The van der Waals surface area contributed by atoms with Crippen LogP contribution < -0.4 is 0 Å². The van der Waals surface area contributed by atoms with Crippen molar-refractivity contribution in [3.05, 3.63) is 0 Å². The average molecular weight is 318 g/mol. The molecular formula is C6H14BF2LiO11. The maximum atomic E-state index is 9.43. The van der Waals surface area contributed by atoms with Gasteiger partial charge in [0.05, 0.1) is 0 Å². The van der Waals surface area contributed by atoms with Crippen LogP contribution in [0.4, 0.5) is 9.41 Å². The summed E-state index contributed by atoms with van der Waals surface area (Å²) < 4.78 is 0. The Kier molecular flexibility index (Phi) is 40.7. The van der Waals surface area contributed by atoms with Gasteiger partial charge in [0.1, 0.15) is 12.8 Å². The molecule has 21 heavy (non-hydrogen) atoms. The molecule has 0 aromatic carbocycles. The predicted molar refractivity (Wildman–Crippen MR) is 64.3 cm³/mol. The number of hydrogen-bond acceptors (Lipinski definition) is 7. The molecule has 0 aliphatic carbocycles. The number of hydrogen-bond donors (Lipinski definition) is 7.